The van der Waals surface area contributed by atoms with Crippen LogP contribution in [0, 0.1) is 0 Å². The maximum Gasteiger partial charge on any atom is 0.299 e. The van der Waals surface area contributed by atoms with E-state index in [2.05, 4.69) is 25.7 Å². The van der Waals surface area contributed by atoms with Gasteiger partial charge in [-0.2, -0.15) is 12.7 Å². The van der Waals surface area contributed by atoms with E-state index in [0.29, 0.717) is 13.1 Å². The van der Waals surface area contributed by atoms with Crippen LogP contribution in [-0.4, -0.2) is 49.3 Å². The maximum absolute atomic E-state index is 11.0. The van der Waals surface area contributed by atoms with E-state index >= 15 is 0 Å². The first-order valence-corrected chi connectivity index (χ1v) is 6.92. The first-order chi connectivity index (χ1) is 6.21. The van der Waals surface area contributed by atoms with Crippen molar-refractivity contribution in [1.82, 2.24) is 9.21 Å². The number of rotatable bonds is 1. The largest absolute Gasteiger partial charge is 0.299 e. The lowest BCUT2D eigenvalue weighted by atomic mass is 10.1. The Hall–Kier alpha value is 0.160. The van der Waals surface area contributed by atoms with Gasteiger partial charge < -0.3 is 0 Å². The quantitative estimate of drug-likeness (QED) is 0.639. The average molecular weight is 241 g/mol. The summed E-state index contributed by atoms with van der Waals surface area (Å²) in [5, 5.41) is 0. The standard InChI is InChI=1S/C8H17ClN2O2S/c1-8(2,3)10-4-6-11(7-5-10)14(9,12)13/h4-7H2,1-3H3. The third kappa shape index (κ3) is 3.08. The normalized spacial score (nSPS) is 22.6. The molecule has 1 rings (SSSR count). The van der Waals surface area contributed by atoms with Crippen molar-refractivity contribution in [3.8, 4) is 0 Å². The van der Waals surface area contributed by atoms with Crippen LogP contribution in [0.5, 0.6) is 0 Å². The monoisotopic (exact) mass is 240 g/mol. The molecule has 84 valence electrons. The maximum atomic E-state index is 11.0. The van der Waals surface area contributed by atoms with E-state index in [4.69, 9.17) is 10.7 Å². The molecule has 0 radical (unpaired) electrons. The van der Waals surface area contributed by atoms with Gasteiger partial charge in [-0.15, -0.1) is 0 Å². The highest BCUT2D eigenvalue weighted by atomic mass is 35.7. The fraction of sp³-hybridized carbons (Fsp3) is 1.00. The van der Waals surface area contributed by atoms with Crippen LogP contribution < -0.4 is 0 Å². The second kappa shape index (κ2) is 3.96. The number of piperazine rings is 1. The minimum atomic E-state index is -3.52. The van der Waals surface area contributed by atoms with Gasteiger partial charge in [0.1, 0.15) is 0 Å². The van der Waals surface area contributed by atoms with E-state index in [1.807, 2.05) is 0 Å². The zero-order valence-corrected chi connectivity index (χ0v) is 10.4. The number of nitrogens with zero attached hydrogens (tertiary/aromatic N) is 2. The number of hydrogen-bond acceptors (Lipinski definition) is 3. The lowest BCUT2D eigenvalue weighted by molar-refractivity contribution is 0.0929. The Labute approximate surface area is 90.4 Å². The van der Waals surface area contributed by atoms with Gasteiger partial charge >= 0.3 is 0 Å². The van der Waals surface area contributed by atoms with E-state index in [1.165, 1.54) is 4.31 Å². The summed E-state index contributed by atoms with van der Waals surface area (Å²) in [7, 11) is 1.74. The van der Waals surface area contributed by atoms with Gasteiger partial charge in [0, 0.05) is 42.4 Å². The lowest BCUT2D eigenvalue weighted by Gasteiger charge is -2.41. The molecule has 14 heavy (non-hydrogen) atoms. The molecule has 4 nitrogen and oxygen atoms in total. The summed E-state index contributed by atoms with van der Waals surface area (Å²) in [5.41, 5.74) is 0.0994. The van der Waals surface area contributed by atoms with Gasteiger partial charge in [-0.25, -0.2) is 0 Å². The van der Waals surface area contributed by atoms with Gasteiger partial charge in [-0.3, -0.25) is 4.90 Å². The third-order valence-electron chi connectivity index (χ3n) is 2.50. The molecule has 0 amide bonds. The Morgan fingerprint density at radius 2 is 1.50 bits per heavy atom. The zero-order valence-electron chi connectivity index (χ0n) is 8.83. The first kappa shape index (κ1) is 12.2. The summed E-state index contributed by atoms with van der Waals surface area (Å²) in [6.45, 7) is 8.84. The van der Waals surface area contributed by atoms with Crippen molar-refractivity contribution >= 4 is 19.9 Å². The van der Waals surface area contributed by atoms with Crippen molar-refractivity contribution in [2.75, 3.05) is 26.2 Å². The zero-order chi connectivity index (χ0) is 11.0. The van der Waals surface area contributed by atoms with Gasteiger partial charge in [0.2, 0.25) is 0 Å². The molecule has 0 aliphatic carbocycles. The van der Waals surface area contributed by atoms with Crippen LogP contribution in [-0.2, 0) is 9.24 Å². The Bertz CT molecular complexity index is 289. The molecule has 0 saturated carbocycles. The highest BCUT2D eigenvalue weighted by molar-refractivity contribution is 8.11. The van der Waals surface area contributed by atoms with Crippen LogP contribution in [0.1, 0.15) is 20.8 Å². The Morgan fingerprint density at radius 3 is 1.79 bits per heavy atom. The molecule has 1 aliphatic rings. The van der Waals surface area contributed by atoms with Gasteiger partial charge in [-0.05, 0) is 20.8 Å². The molecule has 1 fully saturated rings. The second-order valence-electron chi connectivity index (χ2n) is 4.50. The van der Waals surface area contributed by atoms with Gasteiger partial charge in [0.15, 0.2) is 0 Å². The molecular weight excluding hydrogens is 224 g/mol. The van der Waals surface area contributed by atoms with Crippen molar-refractivity contribution in [2.45, 2.75) is 26.3 Å². The highest BCUT2D eigenvalue weighted by Gasteiger charge is 2.29. The second-order valence-corrected chi connectivity index (χ2v) is 7.01. The fourth-order valence-corrected chi connectivity index (χ4v) is 2.59. The van der Waals surface area contributed by atoms with E-state index in [-0.39, 0.29) is 5.54 Å². The van der Waals surface area contributed by atoms with Crippen LogP contribution in [0.4, 0.5) is 0 Å². The molecule has 0 bridgehead atoms. The van der Waals surface area contributed by atoms with Crippen LogP contribution in [0.15, 0.2) is 0 Å². The number of hydrogen-bond donors (Lipinski definition) is 0. The van der Waals surface area contributed by atoms with Gasteiger partial charge in [0.25, 0.3) is 9.24 Å². The molecule has 0 spiro atoms. The van der Waals surface area contributed by atoms with Crippen molar-refractivity contribution < 1.29 is 8.42 Å². The van der Waals surface area contributed by atoms with Crippen LogP contribution >= 0.6 is 10.7 Å². The smallest absolute Gasteiger partial charge is 0.296 e. The molecule has 1 aliphatic heterocycles. The van der Waals surface area contributed by atoms with E-state index in [0.717, 1.165) is 13.1 Å². The van der Waals surface area contributed by atoms with Crippen LogP contribution in [0.3, 0.4) is 0 Å². The number of halogens is 1. The SMILES string of the molecule is CC(C)(C)N1CCN(S(=O)(=O)Cl)CC1. The van der Waals surface area contributed by atoms with Gasteiger partial charge in [-0.1, -0.05) is 0 Å². The predicted octanol–water partition coefficient (Wildman–Crippen LogP) is 0.886. The van der Waals surface area contributed by atoms with Crippen LogP contribution in [0.2, 0.25) is 0 Å². The summed E-state index contributed by atoms with van der Waals surface area (Å²) >= 11 is 0. The molecule has 0 aromatic carbocycles. The molecule has 0 atom stereocenters. The Morgan fingerprint density at radius 1 is 1.07 bits per heavy atom. The summed E-state index contributed by atoms with van der Waals surface area (Å²) in [6, 6.07) is 0. The minimum absolute atomic E-state index is 0.0994. The van der Waals surface area contributed by atoms with E-state index in [9.17, 15) is 8.42 Å². The molecule has 1 saturated heterocycles. The van der Waals surface area contributed by atoms with E-state index in [1.54, 1.807) is 0 Å². The van der Waals surface area contributed by atoms with E-state index < -0.39 is 9.24 Å². The predicted molar refractivity (Wildman–Crippen MR) is 57.7 cm³/mol. The summed E-state index contributed by atoms with van der Waals surface area (Å²) < 4.78 is 23.3. The summed E-state index contributed by atoms with van der Waals surface area (Å²) in [5.74, 6) is 0. The Balaban J connectivity index is 2.56. The highest BCUT2D eigenvalue weighted by Crippen LogP contribution is 2.18. The summed E-state index contributed by atoms with van der Waals surface area (Å²) in [6.07, 6.45) is 0. The first-order valence-electron chi connectivity index (χ1n) is 4.66. The van der Waals surface area contributed by atoms with Crippen molar-refractivity contribution in [3.63, 3.8) is 0 Å². The van der Waals surface area contributed by atoms with Crippen molar-refractivity contribution in [2.24, 2.45) is 0 Å². The molecule has 6 heteroatoms. The molecular formula is C8H17ClN2O2S. The third-order valence-corrected chi connectivity index (χ3v) is 4.06. The lowest BCUT2D eigenvalue weighted by Crippen LogP contribution is -2.53. The molecule has 0 aromatic rings. The molecule has 1 heterocycles. The topological polar surface area (TPSA) is 40.6 Å². The Kier molecular flexibility index (Phi) is 3.46. The molecule has 0 N–H and O–H groups in total. The van der Waals surface area contributed by atoms with Gasteiger partial charge in [0.05, 0.1) is 0 Å². The average Bonchev–Trinajstić information content (AvgIpc) is 2.01. The fourth-order valence-electron chi connectivity index (χ4n) is 1.58. The minimum Gasteiger partial charge on any atom is -0.296 e. The van der Waals surface area contributed by atoms with Crippen molar-refractivity contribution in [1.29, 1.82) is 0 Å². The molecule has 0 aromatic heterocycles. The summed E-state index contributed by atoms with van der Waals surface area (Å²) in [4.78, 5) is 2.26. The van der Waals surface area contributed by atoms with Crippen LogP contribution in [0.25, 0.3) is 0 Å². The van der Waals surface area contributed by atoms with Crippen molar-refractivity contribution in [3.05, 3.63) is 0 Å². The molecule has 0 unspecified atom stereocenters.